The Morgan fingerprint density at radius 1 is 1.05 bits per heavy atom. The van der Waals surface area contributed by atoms with Crippen LogP contribution in [0.25, 0.3) is 10.8 Å². The summed E-state index contributed by atoms with van der Waals surface area (Å²) in [5.74, 6) is -0.848. The van der Waals surface area contributed by atoms with Gasteiger partial charge in [0.05, 0.1) is 0 Å². The van der Waals surface area contributed by atoms with Gasteiger partial charge < -0.3 is 11.1 Å². The Morgan fingerprint density at radius 2 is 1.70 bits per heavy atom. The zero-order valence-electron chi connectivity index (χ0n) is 11.6. The number of hydrogen-bond donors (Lipinski definition) is 2. The summed E-state index contributed by atoms with van der Waals surface area (Å²) >= 11 is 0. The topological polar surface area (TPSA) is 72.2 Å². The number of nitrogens with two attached hydrogens (primary N) is 1. The molecule has 2 aromatic carbocycles. The average Bonchev–Trinajstić information content (AvgIpc) is 2.43. The van der Waals surface area contributed by atoms with Crippen molar-refractivity contribution in [2.24, 2.45) is 11.7 Å². The summed E-state index contributed by atoms with van der Waals surface area (Å²) in [6, 6.07) is 12.5. The molecule has 0 radical (unpaired) electrons. The van der Waals surface area contributed by atoms with E-state index in [1.54, 1.807) is 6.07 Å². The first-order valence-corrected chi connectivity index (χ1v) is 6.58. The van der Waals surface area contributed by atoms with E-state index in [1.165, 1.54) is 0 Å². The number of hydrogen-bond acceptors (Lipinski definition) is 2. The molecule has 104 valence electrons. The maximum absolute atomic E-state index is 12.4. The summed E-state index contributed by atoms with van der Waals surface area (Å²) in [5, 5.41) is 4.56. The summed E-state index contributed by atoms with van der Waals surface area (Å²) in [4.78, 5) is 23.7. The van der Waals surface area contributed by atoms with Crippen molar-refractivity contribution in [2.75, 3.05) is 0 Å². The van der Waals surface area contributed by atoms with Crippen molar-refractivity contribution in [2.45, 2.75) is 19.9 Å². The van der Waals surface area contributed by atoms with Crippen LogP contribution in [0.3, 0.4) is 0 Å². The zero-order chi connectivity index (χ0) is 14.7. The minimum absolute atomic E-state index is 0.0496. The van der Waals surface area contributed by atoms with E-state index in [2.05, 4.69) is 5.32 Å². The third-order valence-electron chi connectivity index (χ3n) is 3.29. The summed E-state index contributed by atoms with van der Waals surface area (Å²) in [5.41, 5.74) is 5.87. The van der Waals surface area contributed by atoms with Gasteiger partial charge in [-0.05, 0) is 22.8 Å². The number of carbonyl (C=O) groups is 2. The van der Waals surface area contributed by atoms with Gasteiger partial charge in [0.15, 0.2) is 0 Å². The molecule has 20 heavy (non-hydrogen) atoms. The van der Waals surface area contributed by atoms with E-state index in [0.717, 1.165) is 10.8 Å². The predicted molar refractivity (Wildman–Crippen MR) is 79.2 cm³/mol. The number of primary amides is 1. The molecule has 0 aliphatic rings. The van der Waals surface area contributed by atoms with Crippen molar-refractivity contribution < 1.29 is 9.59 Å². The first-order chi connectivity index (χ1) is 9.50. The molecular formula is C16H18N2O2. The normalized spacial score (nSPS) is 12.3. The maximum atomic E-state index is 12.4. The third kappa shape index (κ3) is 2.79. The summed E-state index contributed by atoms with van der Waals surface area (Å²) in [6.45, 7) is 3.69. The maximum Gasteiger partial charge on any atom is 0.252 e. The van der Waals surface area contributed by atoms with Crippen molar-refractivity contribution in [3.63, 3.8) is 0 Å². The van der Waals surface area contributed by atoms with E-state index >= 15 is 0 Å². The number of amides is 2. The van der Waals surface area contributed by atoms with Gasteiger partial charge in [0, 0.05) is 5.56 Å². The minimum Gasteiger partial charge on any atom is -0.368 e. The highest BCUT2D eigenvalue weighted by Gasteiger charge is 2.22. The summed E-state index contributed by atoms with van der Waals surface area (Å²) in [7, 11) is 0. The Bertz CT molecular complexity index is 644. The molecule has 2 amide bonds. The number of rotatable bonds is 4. The Kier molecular flexibility index (Phi) is 4.03. The van der Waals surface area contributed by atoms with Gasteiger partial charge in [-0.15, -0.1) is 0 Å². The Labute approximate surface area is 118 Å². The molecule has 4 nitrogen and oxygen atoms in total. The lowest BCUT2D eigenvalue weighted by atomic mass is 10.0. The van der Waals surface area contributed by atoms with Gasteiger partial charge in [-0.25, -0.2) is 0 Å². The molecule has 0 aliphatic carbocycles. The molecule has 0 aliphatic heterocycles. The van der Waals surface area contributed by atoms with Crippen LogP contribution in [0.1, 0.15) is 24.2 Å². The van der Waals surface area contributed by atoms with Gasteiger partial charge in [-0.2, -0.15) is 0 Å². The zero-order valence-corrected chi connectivity index (χ0v) is 11.6. The van der Waals surface area contributed by atoms with Crippen molar-refractivity contribution in [1.82, 2.24) is 5.32 Å². The van der Waals surface area contributed by atoms with Crippen molar-refractivity contribution in [3.8, 4) is 0 Å². The molecule has 0 bridgehead atoms. The Morgan fingerprint density at radius 3 is 2.35 bits per heavy atom. The molecular weight excluding hydrogens is 252 g/mol. The van der Waals surface area contributed by atoms with Crippen LogP contribution in [0.5, 0.6) is 0 Å². The largest absolute Gasteiger partial charge is 0.368 e. The standard InChI is InChI=1S/C16H18N2O2/c1-10(2)14(15(17)19)18-16(20)13-9-5-7-11-6-3-4-8-12(11)13/h3-10,14H,1-2H3,(H2,17,19)(H,18,20)/t14-/m0/s1. The molecule has 1 atom stereocenters. The van der Waals surface area contributed by atoms with Crippen LogP contribution in [0.2, 0.25) is 0 Å². The summed E-state index contributed by atoms with van der Waals surface area (Å²) < 4.78 is 0. The number of fused-ring (bicyclic) bond motifs is 1. The first kappa shape index (κ1) is 14.1. The van der Waals surface area contributed by atoms with E-state index < -0.39 is 11.9 Å². The SMILES string of the molecule is CC(C)[C@H](NC(=O)c1cccc2ccccc12)C(N)=O. The lowest BCUT2D eigenvalue weighted by molar-refractivity contribution is -0.120. The number of nitrogens with one attached hydrogen (secondary N) is 1. The predicted octanol–water partition coefficient (Wildman–Crippen LogP) is 2.08. The van der Waals surface area contributed by atoms with Crippen molar-refractivity contribution in [1.29, 1.82) is 0 Å². The Balaban J connectivity index is 2.34. The third-order valence-corrected chi connectivity index (χ3v) is 3.29. The van der Waals surface area contributed by atoms with Gasteiger partial charge in [0.2, 0.25) is 5.91 Å². The van der Waals surface area contributed by atoms with E-state index in [-0.39, 0.29) is 11.8 Å². The lowest BCUT2D eigenvalue weighted by Gasteiger charge is -2.19. The van der Waals surface area contributed by atoms with Crippen LogP contribution in [0.15, 0.2) is 42.5 Å². The fourth-order valence-corrected chi connectivity index (χ4v) is 2.21. The second-order valence-corrected chi connectivity index (χ2v) is 5.12. The van der Waals surface area contributed by atoms with Gasteiger partial charge in [-0.1, -0.05) is 50.2 Å². The van der Waals surface area contributed by atoms with Crippen LogP contribution in [0.4, 0.5) is 0 Å². The fourth-order valence-electron chi connectivity index (χ4n) is 2.21. The molecule has 0 fully saturated rings. The van der Waals surface area contributed by atoms with Crippen LogP contribution in [-0.4, -0.2) is 17.9 Å². The minimum atomic E-state index is -0.665. The van der Waals surface area contributed by atoms with E-state index in [9.17, 15) is 9.59 Å². The molecule has 2 aromatic rings. The molecule has 2 rings (SSSR count). The highest BCUT2D eigenvalue weighted by atomic mass is 16.2. The fraction of sp³-hybridized carbons (Fsp3) is 0.250. The Hall–Kier alpha value is -2.36. The quantitative estimate of drug-likeness (QED) is 0.892. The first-order valence-electron chi connectivity index (χ1n) is 6.58. The van der Waals surface area contributed by atoms with Crippen molar-refractivity contribution in [3.05, 3.63) is 48.0 Å². The van der Waals surface area contributed by atoms with E-state index in [1.807, 2.05) is 50.2 Å². The van der Waals surface area contributed by atoms with Gasteiger partial charge in [0.1, 0.15) is 6.04 Å². The second kappa shape index (κ2) is 5.74. The highest BCUT2D eigenvalue weighted by Crippen LogP contribution is 2.18. The van der Waals surface area contributed by atoms with E-state index in [4.69, 9.17) is 5.73 Å². The number of carbonyl (C=O) groups excluding carboxylic acids is 2. The molecule has 0 saturated carbocycles. The van der Waals surface area contributed by atoms with Crippen LogP contribution in [-0.2, 0) is 4.79 Å². The number of benzene rings is 2. The monoisotopic (exact) mass is 270 g/mol. The molecule has 3 N–H and O–H groups in total. The van der Waals surface area contributed by atoms with Gasteiger partial charge in [0.25, 0.3) is 5.91 Å². The highest BCUT2D eigenvalue weighted by molar-refractivity contribution is 6.08. The average molecular weight is 270 g/mol. The molecule has 0 heterocycles. The van der Waals surface area contributed by atoms with Gasteiger partial charge >= 0.3 is 0 Å². The molecule has 0 unspecified atom stereocenters. The van der Waals surface area contributed by atoms with Crippen LogP contribution in [0, 0.1) is 5.92 Å². The van der Waals surface area contributed by atoms with Crippen LogP contribution >= 0.6 is 0 Å². The smallest absolute Gasteiger partial charge is 0.252 e. The molecule has 4 heteroatoms. The second-order valence-electron chi connectivity index (χ2n) is 5.12. The van der Waals surface area contributed by atoms with Gasteiger partial charge in [-0.3, -0.25) is 9.59 Å². The molecule has 0 saturated heterocycles. The van der Waals surface area contributed by atoms with Crippen LogP contribution < -0.4 is 11.1 Å². The summed E-state index contributed by atoms with van der Waals surface area (Å²) in [6.07, 6.45) is 0. The molecule has 0 aromatic heterocycles. The van der Waals surface area contributed by atoms with Crippen molar-refractivity contribution >= 4 is 22.6 Å². The lowest BCUT2D eigenvalue weighted by Crippen LogP contribution is -2.47. The van der Waals surface area contributed by atoms with E-state index in [0.29, 0.717) is 5.56 Å². The molecule has 0 spiro atoms.